The number of piperidine rings is 1. The Bertz CT molecular complexity index is 1230. The standard InChI is InChI=1S/C26H27N5O3S/c1-2-17-13-27-26(28-14-17)31-9-7-19(8-10-31)25-29-21(16-35-25)15-34-22-5-3-18(4-6-22)11-20-12-23(32)30-24(20)33/h3-6,11,13-14,16,19H,2,7-10,12,15H2,1H3,(H,30,32,33)/b20-11+. The number of imide groups is 1. The summed E-state index contributed by atoms with van der Waals surface area (Å²) in [5.74, 6) is 1.42. The Balaban J connectivity index is 1.12. The van der Waals surface area contributed by atoms with Crippen molar-refractivity contribution >= 4 is 35.2 Å². The van der Waals surface area contributed by atoms with Crippen molar-refractivity contribution in [1.29, 1.82) is 0 Å². The first-order valence-electron chi connectivity index (χ1n) is 11.8. The van der Waals surface area contributed by atoms with Gasteiger partial charge in [0.2, 0.25) is 11.9 Å². The first-order chi connectivity index (χ1) is 17.1. The molecule has 180 valence electrons. The van der Waals surface area contributed by atoms with Gasteiger partial charge in [0.15, 0.2) is 0 Å². The monoisotopic (exact) mass is 489 g/mol. The summed E-state index contributed by atoms with van der Waals surface area (Å²) in [4.78, 5) is 39.1. The summed E-state index contributed by atoms with van der Waals surface area (Å²) in [6.45, 7) is 4.37. The second kappa shape index (κ2) is 10.4. The van der Waals surface area contributed by atoms with Gasteiger partial charge in [-0.05, 0) is 48.6 Å². The smallest absolute Gasteiger partial charge is 0.254 e. The number of hydrogen-bond donors (Lipinski definition) is 1. The highest BCUT2D eigenvalue weighted by atomic mass is 32.1. The van der Waals surface area contributed by atoms with Gasteiger partial charge >= 0.3 is 0 Å². The van der Waals surface area contributed by atoms with E-state index >= 15 is 0 Å². The van der Waals surface area contributed by atoms with E-state index in [1.165, 1.54) is 0 Å². The number of aromatic nitrogens is 3. The largest absolute Gasteiger partial charge is 0.487 e. The summed E-state index contributed by atoms with van der Waals surface area (Å²) in [7, 11) is 0. The van der Waals surface area contributed by atoms with Crippen LogP contribution in [0.4, 0.5) is 5.95 Å². The van der Waals surface area contributed by atoms with Gasteiger partial charge in [-0.3, -0.25) is 14.9 Å². The molecule has 0 aliphatic carbocycles. The lowest BCUT2D eigenvalue weighted by atomic mass is 9.98. The Labute approximate surface area is 208 Å². The van der Waals surface area contributed by atoms with Gasteiger partial charge in [0.25, 0.3) is 5.91 Å². The van der Waals surface area contributed by atoms with Crippen LogP contribution in [0.15, 0.2) is 47.6 Å². The molecule has 5 rings (SSSR count). The number of thiazole rings is 1. The highest BCUT2D eigenvalue weighted by molar-refractivity contribution is 7.09. The first-order valence-corrected chi connectivity index (χ1v) is 12.7. The highest BCUT2D eigenvalue weighted by Gasteiger charge is 2.25. The fraction of sp³-hybridized carbons (Fsp3) is 0.346. The van der Waals surface area contributed by atoms with Crippen LogP contribution < -0.4 is 15.0 Å². The Morgan fingerprint density at radius 1 is 1.14 bits per heavy atom. The molecule has 0 atom stereocenters. The Morgan fingerprint density at radius 2 is 1.89 bits per heavy atom. The van der Waals surface area contributed by atoms with Crippen molar-refractivity contribution in [3.8, 4) is 5.75 Å². The fourth-order valence-corrected chi connectivity index (χ4v) is 5.21. The molecule has 2 amide bonds. The van der Waals surface area contributed by atoms with Crippen LogP contribution in [0.3, 0.4) is 0 Å². The number of aryl methyl sites for hydroxylation is 1. The zero-order valence-electron chi connectivity index (χ0n) is 19.6. The summed E-state index contributed by atoms with van der Waals surface area (Å²) >= 11 is 1.70. The highest BCUT2D eigenvalue weighted by Crippen LogP contribution is 2.31. The van der Waals surface area contributed by atoms with Crippen molar-refractivity contribution < 1.29 is 14.3 Å². The van der Waals surface area contributed by atoms with Crippen LogP contribution in [-0.2, 0) is 22.6 Å². The van der Waals surface area contributed by atoms with Gasteiger partial charge in [-0.25, -0.2) is 15.0 Å². The molecule has 2 fully saturated rings. The van der Waals surface area contributed by atoms with Crippen molar-refractivity contribution in [3.63, 3.8) is 0 Å². The number of rotatable bonds is 7. The van der Waals surface area contributed by atoms with Crippen molar-refractivity contribution in [2.45, 2.75) is 45.1 Å². The van der Waals surface area contributed by atoms with E-state index in [-0.39, 0.29) is 18.2 Å². The molecule has 1 N–H and O–H groups in total. The number of nitrogens with zero attached hydrogens (tertiary/aromatic N) is 4. The molecule has 0 bridgehead atoms. The fourth-order valence-electron chi connectivity index (χ4n) is 4.24. The number of ether oxygens (including phenoxy) is 1. The summed E-state index contributed by atoms with van der Waals surface area (Å²) in [5.41, 5.74) is 3.42. The first kappa shape index (κ1) is 23.2. The SMILES string of the molecule is CCc1cnc(N2CCC(c3nc(COc4ccc(/C=C5\CC(=O)NC5=O)cc4)cs3)CC2)nc1. The van der Waals surface area contributed by atoms with Gasteiger partial charge in [0.1, 0.15) is 12.4 Å². The number of amides is 2. The minimum Gasteiger partial charge on any atom is -0.487 e. The molecule has 3 aromatic rings. The number of benzene rings is 1. The third-order valence-corrected chi connectivity index (χ3v) is 7.36. The predicted octanol–water partition coefficient (Wildman–Crippen LogP) is 3.89. The molecule has 35 heavy (non-hydrogen) atoms. The molecule has 2 saturated heterocycles. The average Bonchev–Trinajstić information content (AvgIpc) is 3.49. The van der Waals surface area contributed by atoms with E-state index in [1.54, 1.807) is 17.4 Å². The molecule has 8 nitrogen and oxygen atoms in total. The number of carbonyl (C=O) groups excluding carboxylic acids is 2. The lowest BCUT2D eigenvalue weighted by Gasteiger charge is -2.31. The van der Waals surface area contributed by atoms with Crippen molar-refractivity contribution in [1.82, 2.24) is 20.3 Å². The molecule has 2 aromatic heterocycles. The maximum atomic E-state index is 11.7. The number of anilines is 1. The van der Waals surface area contributed by atoms with Crippen LogP contribution in [0, 0.1) is 0 Å². The molecule has 0 radical (unpaired) electrons. The van der Waals surface area contributed by atoms with Gasteiger partial charge in [-0.2, -0.15) is 0 Å². The zero-order valence-corrected chi connectivity index (χ0v) is 20.4. The molecular weight excluding hydrogens is 462 g/mol. The predicted molar refractivity (Wildman–Crippen MR) is 134 cm³/mol. The number of nitrogens with one attached hydrogen (secondary N) is 1. The normalized spacial score (nSPS) is 17.7. The minimum atomic E-state index is -0.320. The van der Waals surface area contributed by atoms with Crippen LogP contribution in [0.1, 0.15) is 53.9 Å². The van der Waals surface area contributed by atoms with Gasteiger partial charge in [0.05, 0.1) is 17.1 Å². The van der Waals surface area contributed by atoms with E-state index in [0.717, 1.165) is 65.9 Å². The lowest BCUT2D eigenvalue weighted by Crippen LogP contribution is -2.34. The van der Waals surface area contributed by atoms with Crippen molar-refractivity contribution in [3.05, 3.63) is 69.4 Å². The van der Waals surface area contributed by atoms with E-state index in [4.69, 9.17) is 9.72 Å². The molecule has 4 heterocycles. The number of hydrogen-bond acceptors (Lipinski definition) is 8. The topological polar surface area (TPSA) is 97.3 Å². The van der Waals surface area contributed by atoms with Gasteiger partial charge in [0, 0.05) is 42.4 Å². The van der Waals surface area contributed by atoms with E-state index in [0.29, 0.717) is 18.1 Å². The molecule has 2 aliphatic heterocycles. The van der Waals surface area contributed by atoms with Gasteiger partial charge in [-0.15, -0.1) is 11.3 Å². The molecule has 1 aromatic carbocycles. The Hall–Kier alpha value is -3.59. The summed E-state index contributed by atoms with van der Waals surface area (Å²) in [5, 5.41) is 5.53. The molecule has 0 saturated carbocycles. The van der Waals surface area contributed by atoms with Crippen LogP contribution in [-0.4, -0.2) is 39.9 Å². The molecule has 0 unspecified atom stereocenters. The minimum absolute atomic E-state index is 0.127. The molecule has 2 aliphatic rings. The van der Waals surface area contributed by atoms with Crippen LogP contribution in [0.2, 0.25) is 0 Å². The Kier molecular flexibility index (Phi) is 6.85. The van der Waals surface area contributed by atoms with Crippen molar-refractivity contribution in [2.75, 3.05) is 18.0 Å². The van der Waals surface area contributed by atoms with Crippen LogP contribution in [0.5, 0.6) is 5.75 Å². The van der Waals surface area contributed by atoms with E-state index < -0.39 is 0 Å². The summed E-state index contributed by atoms with van der Waals surface area (Å²) in [6.07, 6.45) is 8.72. The number of carbonyl (C=O) groups is 2. The van der Waals surface area contributed by atoms with E-state index in [1.807, 2.05) is 36.7 Å². The summed E-state index contributed by atoms with van der Waals surface area (Å²) < 4.78 is 5.91. The second-order valence-electron chi connectivity index (χ2n) is 8.76. The van der Waals surface area contributed by atoms with Crippen molar-refractivity contribution in [2.24, 2.45) is 0 Å². The lowest BCUT2D eigenvalue weighted by molar-refractivity contribution is -0.124. The van der Waals surface area contributed by atoms with E-state index in [2.05, 4.69) is 32.5 Å². The van der Waals surface area contributed by atoms with Gasteiger partial charge in [-0.1, -0.05) is 19.1 Å². The molecule has 9 heteroatoms. The van der Waals surface area contributed by atoms with Gasteiger partial charge < -0.3 is 9.64 Å². The third kappa shape index (κ3) is 5.57. The summed E-state index contributed by atoms with van der Waals surface area (Å²) in [6, 6.07) is 7.47. The zero-order chi connectivity index (χ0) is 24.2. The van der Waals surface area contributed by atoms with E-state index in [9.17, 15) is 9.59 Å². The van der Waals surface area contributed by atoms with Crippen LogP contribution >= 0.6 is 11.3 Å². The molecular formula is C26H27N5O3S. The quantitative estimate of drug-likeness (QED) is 0.397. The Morgan fingerprint density at radius 3 is 2.54 bits per heavy atom. The maximum absolute atomic E-state index is 11.7. The third-order valence-electron chi connectivity index (χ3n) is 6.30. The maximum Gasteiger partial charge on any atom is 0.254 e. The average molecular weight is 490 g/mol. The van der Waals surface area contributed by atoms with Crippen LogP contribution in [0.25, 0.3) is 6.08 Å². The molecule has 0 spiro atoms. The second-order valence-corrected chi connectivity index (χ2v) is 9.65.